The number of carbonyl (C=O) groups is 3. The summed E-state index contributed by atoms with van der Waals surface area (Å²) >= 11 is 3.45. The van der Waals surface area contributed by atoms with Crippen molar-refractivity contribution in [1.82, 2.24) is 10.9 Å². The molecule has 35 heavy (non-hydrogen) atoms. The van der Waals surface area contributed by atoms with E-state index in [1.807, 2.05) is 49.4 Å². The van der Waals surface area contributed by atoms with Gasteiger partial charge in [-0.1, -0.05) is 43.3 Å². The van der Waals surface area contributed by atoms with Crippen LogP contribution in [0.1, 0.15) is 23.7 Å². The van der Waals surface area contributed by atoms with Crippen LogP contribution >= 0.6 is 15.9 Å². The molecule has 0 saturated carbocycles. The third-order valence-electron chi connectivity index (χ3n) is 4.64. The van der Waals surface area contributed by atoms with Gasteiger partial charge in [-0.25, -0.2) is 4.79 Å². The van der Waals surface area contributed by atoms with Crippen molar-refractivity contribution in [3.63, 3.8) is 0 Å². The number of nitrogens with one attached hydrogen (secondary N) is 2. The first-order valence-electron chi connectivity index (χ1n) is 10.9. The van der Waals surface area contributed by atoms with Crippen LogP contribution < -0.4 is 20.3 Å². The van der Waals surface area contributed by atoms with E-state index >= 15 is 0 Å². The third kappa shape index (κ3) is 8.15. The van der Waals surface area contributed by atoms with Gasteiger partial charge in [0.1, 0.15) is 11.5 Å². The lowest BCUT2D eigenvalue weighted by Gasteiger charge is -2.11. The number of benzene rings is 3. The lowest BCUT2D eigenvalue weighted by atomic mass is 10.1. The molecule has 2 N–H and O–H groups in total. The Kier molecular flexibility index (Phi) is 9.68. The highest BCUT2D eigenvalue weighted by atomic mass is 79.9. The molecule has 0 aliphatic heterocycles. The van der Waals surface area contributed by atoms with Crippen molar-refractivity contribution in [3.8, 4) is 22.6 Å². The second-order valence-corrected chi connectivity index (χ2v) is 8.20. The summed E-state index contributed by atoms with van der Waals surface area (Å²) in [5.41, 5.74) is 6.99. The highest BCUT2D eigenvalue weighted by Crippen LogP contribution is 2.30. The molecule has 3 rings (SSSR count). The highest BCUT2D eigenvalue weighted by molar-refractivity contribution is 9.10. The van der Waals surface area contributed by atoms with E-state index in [1.165, 1.54) is 0 Å². The lowest BCUT2D eigenvalue weighted by molar-refractivity contribution is -0.131. The van der Waals surface area contributed by atoms with Crippen LogP contribution in [0.15, 0.2) is 77.3 Å². The molecule has 0 saturated heterocycles. The number of hydrogen-bond acceptors (Lipinski definition) is 6. The molecule has 2 amide bonds. The monoisotopic (exact) mass is 540 g/mol. The van der Waals surface area contributed by atoms with Crippen molar-refractivity contribution < 1.29 is 28.6 Å². The Labute approximate surface area is 211 Å². The van der Waals surface area contributed by atoms with Gasteiger partial charge in [0.15, 0.2) is 13.2 Å². The lowest BCUT2D eigenvalue weighted by Crippen LogP contribution is -2.45. The van der Waals surface area contributed by atoms with Gasteiger partial charge in [0, 0.05) is 0 Å². The molecule has 0 aliphatic carbocycles. The van der Waals surface area contributed by atoms with E-state index in [1.54, 1.807) is 30.3 Å². The zero-order valence-electron chi connectivity index (χ0n) is 19.1. The summed E-state index contributed by atoms with van der Waals surface area (Å²) in [6.07, 6.45) is 0.740. The molecular formula is C26H25BrN2O6. The van der Waals surface area contributed by atoms with Crippen LogP contribution in [0.25, 0.3) is 11.1 Å². The molecule has 0 aliphatic rings. The van der Waals surface area contributed by atoms with Gasteiger partial charge in [-0.15, -0.1) is 0 Å². The molecule has 0 fully saturated rings. The van der Waals surface area contributed by atoms with Gasteiger partial charge in [-0.3, -0.25) is 20.4 Å². The summed E-state index contributed by atoms with van der Waals surface area (Å²) in [4.78, 5) is 35.7. The number of esters is 1. The number of halogens is 1. The summed E-state index contributed by atoms with van der Waals surface area (Å²) in [5.74, 6) is -0.618. The Hall–Kier alpha value is -3.85. The van der Waals surface area contributed by atoms with Crippen LogP contribution in [0.2, 0.25) is 0 Å². The standard InChI is InChI=1S/C26H25BrN2O6/c1-2-14-33-26(32)19-8-11-21(12-9-19)34-16-24(30)28-29-25(31)17-35-23-13-10-20(15-22(23)27)18-6-4-3-5-7-18/h3-13,15H,2,14,16-17H2,1H3,(H,28,30)(H,29,31). The number of carbonyl (C=O) groups excluding carboxylic acids is 3. The fraction of sp³-hybridized carbons (Fsp3) is 0.192. The maximum atomic E-state index is 12.0. The molecule has 0 spiro atoms. The molecule has 9 heteroatoms. The fourth-order valence-electron chi connectivity index (χ4n) is 2.90. The van der Waals surface area contributed by atoms with E-state index in [9.17, 15) is 14.4 Å². The van der Waals surface area contributed by atoms with Crippen molar-refractivity contribution in [2.24, 2.45) is 0 Å². The summed E-state index contributed by atoms with van der Waals surface area (Å²) in [5, 5.41) is 0. The van der Waals surface area contributed by atoms with E-state index in [0.29, 0.717) is 28.1 Å². The van der Waals surface area contributed by atoms with Crippen LogP contribution in [-0.2, 0) is 14.3 Å². The van der Waals surface area contributed by atoms with E-state index < -0.39 is 17.8 Å². The second kappa shape index (κ2) is 13.1. The molecular weight excluding hydrogens is 516 g/mol. The zero-order chi connectivity index (χ0) is 25.0. The van der Waals surface area contributed by atoms with Crippen LogP contribution in [0, 0.1) is 0 Å². The SMILES string of the molecule is CCCOC(=O)c1ccc(OCC(=O)NNC(=O)COc2ccc(-c3ccccc3)cc2Br)cc1. The van der Waals surface area contributed by atoms with Crippen molar-refractivity contribution in [1.29, 1.82) is 0 Å². The molecule has 0 aromatic heterocycles. The Morgan fingerprint density at radius 3 is 2.09 bits per heavy atom. The van der Waals surface area contributed by atoms with Crippen molar-refractivity contribution >= 4 is 33.7 Å². The summed E-state index contributed by atoms with van der Waals surface area (Å²) in [6.45, 7) is 1.65. The molecule has 8 nitrogen and oxygen atoms in total. The van der Waals surface area contributed by atoms with Gasteiger partial charge in [-0.2, -0.15) is 0 Å². The van der Waals surface area contributed by atoms with Gasteiger partial charge in [0.25, 0.3) is 11.8 Å². The van der Waals surface area contributed by atoms with Crippen LogP contribution in [-0.4, -0.2) is 37.6 Å². The molecule has 3 aromatic carbocycles. The number of rotatable bonds is 10. The van der Waals surface area contributed by atoms with E-state index in [2.05, 4.69) is 26.8 Å². The van der Waals surface area contributed by atoms with Gasteiger partial charge in [0.2, 0.25) is 0 Å². The van der Waals surface area contributed by atoms with Crippen molar-refractivity contribution in [2.75, 3.05) is 19.8 Å². The largest absolute Gasteiger partial charge is 0.484 e. The van der Waals surface area contributed by atoms with E-state index in [0.717, 1.165) is 17.5 Å². The Morgan fingerprint density at radius 2 is 1.46 bits per heavy atom. The summed E-state index contributed by atoms with van der Waals surface area (Å²) in [6, 6.07) is 21.7. The molecule has 0 atom stereocenters. The second-order valence-electron chi connectivity index (χ2n) is 7.35. The third-order valence-corrected chi connectivity index (χ3v) is 5.26. The van der Waals surface area contributed by atoms with Gasteiger partial charge < -0.3 is 14.2 Å². The minimum Gasteiger partial charge on any atom is -0.484 e. The van der Waals surface area contributed by atoms with Crippen LogP contribution in [0.5, 0.6) is 11.5 Å². The quantitative estimate of drug-likeness (QED) is 0.293. The average molecular weight is 541 g/mol. The first kappa shape index (κ1) is 25.8. The van der Waals surface area contributed by atoms with Crippen LogP contribution in [0.4, 0.5) is 0 Å². The topological polar surface area (TPSA) is 103 Å². The fourth-order valence-corrected chi connectivity index (χ4v) is 3.39. The smallest absolute Gasteiger partial charge is 0.338 e. The number of ether oxygens (including phenoxy) is 3. The predicted octanol–water partition coefficient (Wildman–Crippen LogP) is 4.29. The number of hydrazine groups is 1. The van der Waals surface area contributed by atoms with Gasteiger partial charge in [-0.05, 0) is 69.9 Å². The minimum atomic E-state index is -0.557. The average Bonchev–Trinajstić information content (AvgIpc) is 2.89. The molecule has 0 heterocycles. The van der Waals surface area contributed by atoms with Crippen molar-refractivity contribution in [3.05, 3.63) is 82.8 Å². The summed E-state index contributed by atoms with van der Waals surface area (Å²) in [7, 11) is 0. The minimum absolute atomic E-state index is 0.292. The Bertz CT molecular complexity index is 1150. The maximum absolute atomic E-state index is 12.0. The Balaban J connectivity index is 1.38. The normalized spacial score (nSPS) is 10.2. The molecule has 0 unspecified atom stereocenters. The molecule has 3 aromatic rings. The van der Waals surface area contributed by atoms with E-state index in [4.69, 9.17) is 14.2 Å². The first-order chi connectivity index (χ1) is 17.0. The van der Waals surface area contributed by atoms with Crippen LogP contribution in [0.3, 0.4) is 0 Å². The zero-order valence-corrected chi connectivity index (χ0v) is 20.7. The number of amides is 2. The Morgan fingerprint density at radius 1 is 0.800 bits per heavy atom. The molecule has 182 valence electrons. The highest BCUT2D eigenvalue weighted by Gasteiger charge is 2.10. The predicted molar refractivity (Wildman–Crippen MR) is 134 cm³/mol. The molecule has 0 radical (unpaired) electrons. The summed E-state index contributed by atoms with van der Waals surface area (Å²) < 4.78 is 16.6. The molecule has 0 bridgehead atoms. The van der Waals surface area contributed by atoms with Gasteiger partial charge >= 0.3 is 5.97 Å². The van der Waals surface area contributed by atoms with E-state index in [-0.39, 0.29) is 13.2 Å². The first-order valence-corrected chi connectivity index (χ1v) is 11.7. The number of hydrogen-bond donors (Lipinski definition) is 2. The van der Waals surface area contributed by atoms with Crippen molar-refractivity contribution in [2.45, 2.75) is 13.3 Å². The van der Waals surface area contributed by atoms with Gasteiger partial charge in [0.05, 0.1) is 16.6 Å². The maximum Gasteiger partial charge on any atom is 0.338 e.